The number of allylic oxidation sites excluding steroid dienone is 1. The molecule has 1 saturated heterocycles. The summed E-state index contributed by atoms with van der Waals surface area (Å²) < 4.78 is 11.3. The van der Waals surface area contributed by atoms with Crippen LogP contribution in [-0.4, -0.2) is 12.4 Å². The average molecular weight is 168 g/mol. The summed E-state index contributed by atoms with van der Waals surface area (Å²) in [6.45, 7) is 4.38. The molecule has 0 N–H and O–H groups in total. The lowest BCUT2D eigenvalue weighted by molar-refractivity contribution is -0.0665. The van der Waals surface area contributed by atoms with Crippen molar-refractivity contribution in [2.75, 3.05) is 0 Å². The molecule has 2 unspecified atom stereocenters. The number of hydrogen-bond acceptors (Lipinski definition) is 2. The van der Waals surface area contributed by atoms with Gasteiger partial charge >= 0.3 is 0 Å². The smallest absolute Gasteiger partial charge is 0.200 e. The van der Waals surface area contributed by atoms with E-state index in [-0.39, 0.29) is 12.4 Å². The number of rotatable bonds is 2. The van der Waals surface area contributed by atoms with Crippen LogP contribution in [0.15, 0.2) is 11.8 Å². The van der Waals surface area contributed by atoms with E-state index >= 15 is 0 Å². The second-order valence-electron chi connectivity index (χ2n) is 3.99. The lowest BCUT2D eigenvalue weighted by Crippen LogP contribution is -2.13. The predicted octanol–water partition coefficient (Wildman–Crippen LogP) is 2.45. The molecule has 2 heteroatoms. The van der Waals surface area contributed by atoms with E-state index in [9.17, 15) is 0 Å². The Hall–Kier alpha value is -0.500. The average Bonchev–Trinajstić information content (AvgIpc) is 2.43. The molecule has 1 aliphatic carbocycles. The van der Waals surface area contributed by atoms with Crippen LogP contribution in [0.3, 0.4) is 0 Å². The highest BCUT2D eigenvalue weighted by Gasteiger charge is 2.34. The topological polar surface area (TPSA) is 18.5 Å². The fourth-order valence-electron chi connectivity index (χ4n) is 1.76. The lowest BCUT2D eigenvalue weighted by atomic mass is 10.1. The zero-order valence-corrected chi connectivity index (χ0v) is 7.75. The number of ether oxygens (including phenoxy) is 2. The Morgan fingerprint density at radius 1 is 1.58 bits per heavy atom. The maximum absolute atomic E-state index is 5.71. The minimum absolute atomic E-state index is 0.0292. The van der Waals surface area contributed by atoms with Crippen LogP contribution in [0.2, 0.25) is 0 Å². The van der Waals surface area contributed by atoms with Crippen LogP contribution in [0.25, 0.3) is 0 Å². The molecule has 0 spiro atoms. The first kappa shape index (κ1) is 8.11. The fraction of sp³-hybridized carbons (Fsp3) is 0.800. The van der Waals surface area contributed by atoms with Crippen LogP contribution in [-0.2, 0) is 9.47 Å². The predicted molar refractivity (Wildman–Crippen MR) is 46.5 cm³/mol. The van der Waals surface area contributed by atoms with E-state index in [2.05, 4.69) is 19.9 Å². The third kappa shape index (κ3) is 1.48. The Bertz CT molecular complexity index is 196. The maximum atomic E-state index is 5.71. The maximum Gasteiger partial charge on any atom is 0.200 e. The minimum atomic E-state index is 0.0292. The summed E-state index contributed by atoms with van der Waals surface area (Å²) >= 11 is 0. The van der Waals surface area contributed by atoms with Crippen LogP contribution in [0.4, 0.5) is 0 Å². The molecule has 0 radical (unpaired) electrons. The molecule has 0 aromatic carbocycles. The van der Waals surface area contributed by atoms with E-state index in [1.807, 2.05) is 0 Å². The van der Waals surface area contributed by atoms with E-state index in [0.29, 0.717) is 5.92 Å². The van der Waals surface area contributed by atoms with Gasteiger partial charge in [0, 0.05) is 6.42 Å². The Morgan fingerprint density at radius 3 is 3.08 bits per heavy atom. The molecule has 0 aromatic heterocycles. The van der Waals surface area contributed by atoms with Gasteiger partial charge in [0.25, 0.3) is 0 Å². The number of hydrogen-bond donors (Lipinski definition) is 0. The third-order valence-corrected chi connectivity index (χ3v) is 2.34. The molecule has 1 heterocycles. The summed E-state index contributed by atoms with van der Waals surface area (Å²) in [5, 5.41) is 0. The Kier molecular flexibility index (Phi) is 2.09. The second-order valence-corrected chi connectivity index (χ2v) is 3.99. The molecule has 0 saturated carbocycles. The Morgan fingerprint density at radius 2 is 2.42 bits per heavy atom. The van der Waals surface area contributed by atoms with Crippen molar-refractivity contribution in [2.45, 2.75) is 45.5 Å². The molecule has 0 bridgehead atoms. The van der Waals surface area contributed by atoms with Gasteiger partial charge in [-0.3, -0.25) is 0 Å². The van der Waals surface area contributed by atoms with Gasteiger partial charge in [0.2, 0.25) is 6.29 Å². The molecule has 0 aromatic rings. The molecular formula is C10H16O2. The van der Waals surface area contributed by atoms with Crippen molar-refractivity contribution in [3.05, 3.63) is 11.8 Å². The molecule has 2 atom stereocenters. The molecule has 1 aliphatic heterocycles. The summed E-state index contributed by atoms with van der Waals surface area (Å²) in [5.74, 6) is 1.73. The third-order valence-electron chi connectivity index (χ3n) is 2.34. The summed E-state index contributed by atoms with van der Waals surface area (Å²) in [5.41, 5.74) is 0. The van der Waals surface area contributed by atoms with Crippen molar-refractivity contribution in [3.8, 4) is 0 Å². The van der Waals surface area contributed by atoms with Gasteiger partial charge in [0.15, 0.2) is 0 Å². The highest BCUT2D eigenvalue weighted by atomic mass is 16.7. The summed E-state index contributed by atoms with van der Waals surface area (Å²) in [6.07, 6.45) is 5.72. The molecule has 12 heavy (non-hydrogen) atoms. The minimum Gasteiger partial charge on any atom is -0.467 e. The first-order chi connectivity index (χ1) is 5.75. The SMILES string of the molecule is CC(C)CC1OC2=CCCC2O1. The zero-order valence-electron chi connectivity index (χ0n) is 7.75. The molecule has 68 valence electrons. The van der Waals surface area contributed by atoms with E-state index < -0.39 is 0 Å². The number of fused-ring (bicyclic) bond motifs is 1. The van der Waals surface area contributed by atoms with E-state index in [1.54, 1.807) is 0 Å². The van der Waals surface area contributed by atoms with Gasteiger partial charge in [-0.2, -0.15) is 0 Å². The van der Waals surface area contributed by atoms with E-state index in [1.165, 1.54) is 0 Å². The highest BCUT2D eigenvalue weighted by molar-refractivity contribution is 5.10. The van der Waals surface area contributed by atoms with Crippen molar-refractivity contribution in [1.29, 1.82) is 0 Å². The van der Waals surface area contributed by atoms with Gasteiger partial charge in [0.05, 0.1) is 0 Å². The zero-order chi connectivity index (χ0) is 8.55. The van der Waals surface area contributed by atoms with Gasteiger partial charge in [-0.25, -0.2) is 0 Å². The van der Waals surface area contributed by atoms with Crippen LogP contribution in [0, 0.1) is 5.92 Å². The van der Waals surface area contributed by atoms with Crippen LogP contribution in [0.5, 0.6) is 0 Å². The summed E-state index contributed by atoms with van der Waals surface area (Å²) in [6, 6.07) is 0. The summed E-state index contributed by atoms with van der Waals surface area (Å²) in [4.78, 5) is 0. The van der Waals surface area contributed by atoms with Crippen molar-refractivity contribution >= 4 is 0 Å². The van der Waals surface area contributed by atoms with E-state index in [0.717, 1.165) is 25.0 Å². The van der Waals surface area contributed by atoms with Gasteiger partial charge in [-0.1, -0.05) is 13.8 Å². The monoisotopic (exact) mass is 168 g/mol. The first-order valence-corrected chi connectivity index (χ1v) is 4.78. The first-order valence-electron chi connectivity index (χ1n) is 4.78. The molecular weight excluding hydrogens is 152 g/mol. The van der Waals surface area contributed by atoms with Crippen LogP contribution < -0.4 is 0 Å². The fourth-order valence-corrected chi connectivity index (χ4v) is 1.76. The molecule has 1 fully saturated rings. The molecule has 2 rings (SSSR count). The molecule has 2 aliphatic rings. The normalized spacial score (nSPS) is 33.4. The largest absolute Gasteiger partial charge is 0.467 e. The van der Waals surface area contributed by atoms with Crippen LogP contribution >= 0.6 is 0 Å². The quantitative estimate of drug-likeness (QED) is 0.630. The van der Waals surface area contributed by atoms with Crippen LogP contribution in [0.1, 0.15) is 33.1 Å². The van der Waals surface area contributed by atoms with Crippen molar-refractivity contribution in [3.63, 3.8) is 0 Å². The van der Waals surface area contributed by atoms with Gasteiger partial charge in [-0.15, -0.1) is 0 Å². The standard InChI is InChI=1S/C10H16O2/c1-7(2)6-10-11-8-4-3-5-9(8)12-10/h4,7,9-10H,3,5-6H2,1-2H3. The van der Waals surface area contributed by atoms with Gasteiger partial charge in [0.1, 0.15) is 11.9 Å². The van der Waals surface area contributed by atoms with Crippen molar-refractivity contribution < 1.29 is 9.47 Å². The van der Waals surface area contributed by atoms with E-state index in [4.69, 9.17) is 9.47 Å². The molecule has 0 amide bonds. The summed E-state index contributed by atoms with van der Waals surface area (Å²) in [7, 11) is 0. The highest BCUT2D eigenvalue weighted by Crippen LogP contribution is 2.33. The van der Waals surface area contributed by atoms with Crippen molar-refractivity contribution in [1.82, 2.24) is 0 Å². The lowest BCUT2D eigenvalue weighted by Gasteiger charge is -2.12. The Labute approximate surface area is 73.5 Å². The van der Waals surface area contributed by atoms with Crippen molar-refractivity contribution in [2.24, 2.45) is 5.92 Å². The second kappa shape index (κ2) is 3.09. The van der Waals surface area contributed by atoms with Gasteiger partial charge in [-0.05, 0) is 24.8 Å². The molecule has 2 nitrogen and oxygen atoms in total. The van der Waals surface area contributed by atoms with Gasteiger partial charge < -0.3 is 9.47 Å². The Balaban J connectivity index is 1.90.